The molecule has 0 aliphatic rings. The first-order valence-electron chi connectivity index (χ1n) is 5.38. The fraction of sp³-hybridized carbons (Fsp3) is 0.538. The van der Waals surface area contributed by atoms with Crippen LogP contribution >= 0.6 is 0 Å². The maximum absolute atomic E-state index is 5.53. The largest absolute Gasteiger partial charge is 0.381 e. The van der Waals surface area contributed by atoms with Crippen LogP contribution in [0.3, 0.4) is 0 Å². The normalized spacial score (nSPS) is 12.8. The summed E-state index contributed by atoms with van der Waals surface area (Å²) >= 11 is 0. The highest BCUT2D eigenvalue weighted by Crippen LogP contribution is 2.15. The van der Waals surface area contributed by atoms with Crippen molar-refractivity contribution in [3.63, 3.8) is 0 Å². The van der Waals surface area contributed by atoms with Crippen molar-refractivity contribution < 1.29 is 4.74 Å². The second kappa shape index (κ2) is 5.82. The van der Waals surface area contributed by atoms with Gasteiger partial charge in [0.2, 0.25) is 0 Å². The number of rotatable bonds is 5. The first-order valence-corrected chi connectivity index (χ1v) is 5.38. The number of ether oxygens (including phenoxy) is 1. The molecule has 0 aliphatic carbocycles. The summed E-state index contributed by atoms with van der Waals surface area (Å²) in [4.78, 5) is 0. The first kappa shape index (κ1) is 11.3. The quantitative estimate of drug-likeness (QED) is 0.648. The van der Waals surface area contributed by atoms with Crippen LogP contribution in [0.4, 0.5) is 0 Å². The van der Waals surface area contributed by atoms with E-state index in [-0.39, 0.29) is 0 Å². The Balaban J connectivity index is 2.43. The summed E-state index contributed by atoms with van der Waals surface area (Å²) in [6, 6.07) is 8.70. The van der Waals surface area contributed by atoms with Gasteiger partial charge >= 0.3 is 0 Å². The van der Waals surface area contributed by atoms with E-state index in [0.717, 1.165) is 19.6 Å². The monoisotopic (exact) mass is 192 g/mol. The summed E-state index contributed by atoms with van der Waals surface area (Å²) in [6.07, 6.45) is 1.10. The Morgan fingerprint density at radius 2 is 1.86 bits per heavy atom. The van der Waals surface area contributed by atoms with Gasteiger partial charge in [0, 0.05) is 12.5 Å². The fourth-order valence-corrected chi connectivity index (χ4v) is 1.40. The molecule has 1 unspecified atom stereocenters. The summed E-state index contributed by atoms with van der Waals surface area (Å²) in [7, 11) is 0. The lowest BCUT2D eigenvalue weighted by Crippen LogP contribution is -2.04. The molecule has 0 heterocycles. The summed E-state index contributed by atoms with van der Waals surface area (Å²) in [6.45, 7) is 8.16. The molecule has 0 radical (unpaired) electrons. The van der Waals surface area contributed by atoms with Gasteiger partial charge in [-0.2, -0.15) is 0 Å². The molecule has 0 saturated heterocycles. The lowest BCUT2D eigenvalue weighted by Gasteiger charge is -2.12. The van der Waals surface area contributed by atoms with Crippen molar-refractivity contribution in [1.29, 1.82) is 0 Å². The van der Waals surface area contributed by atoms with E-state index in [9.17, 15) is 0 Å². The van der Waals surface area contributed by atoms with Crippen LogP contribution in [0.2, 0.25) is 0 Å². The zero-order valence-electron chi connectivity index (χ0n) is 9.42. The average Bonchev–Trinajstić information content (AvgIpc) is 2.19. The van der Waals surface area contributed by atoms with Crippen LogP contribution in [0.5, 0.6) is 0 Å². The molecule has 14 heavy (non-hydrogen) atoms. The van der Waals surface area contributed by atoms with Crippen LogP contribution in [-0.4, -0.2) is 13.2 Å². The predicted octanol–water partition coefficient (Wildman–Crippen LogP) is 3.53. The molecule has 0 N–H and O–H groups in total. The van der Waals surface area contributed by atoms with Crippen LogP contribution in [0.1, 0.15) is 37.3 Å². The number of benzene rings is 1. The van der Waals surface area contributed by atoms with Crippen molar-refractivity contribution in [1.82, 2.24) is 0 Å². The average molecular weight is 192 g/mol. The van der Waals surface area contributed by atoms with Crippen molar-refractivity contribution in [3.8, 4) is 0 Å². The fourth-order valence-electron chi connectivity index (χ4n) is 1.40. The lowest BCUT2D eigenvalue weighted by atomic mass is 10.0. The molecule has 1 atom stereocenters. The second-order valence-corrected chi connectivity index (χ2v) is 3.89. The first-order chi connectivity index (χ1) is 6.74. The minimum absolute atomic E-state index is 0.502. The minimum Gasteiger partial charge on any atom is -0.381 e. The Morgan fingerprint density at radius 1 is 1.21 bits per heavy atom. The third-order valence-corrected chi connectivity index (χ3v) is 2.36. The van der Waals surface area contributed by atoms with Gasteiger partial charge in [0.1, 0.15) is 0 Å². The predicted molar refractivity (Wildman–Crippen MR) is 60.7 cm³/mol. The van der Waals surface area contributed by atoms with Gasteiger partial charge in [0.15, 0.2) is 0 Å². The van der Waals surface area contributed by atoms with Gasteiger partial charge in [0.05, 0.1) is 6.61 Å². The zero-order valence-corrected chi connectivity index (χ0v) is 9.42. The molecule has 0 aromatic heterocycles. The molecule has 0 saturated carbocycles. The molecular weight excluding hydrogens is 172 g/mol. The van der Waals surface area contributed by atoms with Gasteiger partial charge in [-0.3, -0.25) is 0 Å². The molecule has 0 bridgehead atoms. The Morgan fingerprint density at radius 3 is 2.43 bits per heavy atom. The number of hydrogen-bond donors (Lipinski definition) is 0. The standard InChI is InChI=1S/C13H20O/c1-4-9-14-10-12(3)13-7-5-11(2)6-8-13/h5-8,12H,4,9-10H2,1-3H3. The van der Waals surface area contributed by atoms with Crippen LogP contribution in [-0.2, 0) is 4.74 Å². The zero-order chi connectivity index (χ0) is 10.4. The SMILES string of the molecule is CCCOCC(C)c1ccc(C)cc1. The molecule has 1 rings (SSSR count). The Labute approximate surface area is 87.1 Å². The van der Waals surface area contributed by atoms with Gasteiger partial charge in [-0.1, -0.05) is 43.7 Å². The molecule has 0 aliphatic heterocycles. The summed E-state index contributed by atoms with van der Waals surface area (Å²) in [5, 5.41) is 0. The van der Waals surface area contributed by atoms with Gasteiger partial charge in [-0.15, -0.1) is 0 Å². The van der Waals surface area contributed by atoms with E-state index in [4.69, 9.17) is 4.74 Å². The maximum atomic E-state index is 5.53. The van der Waals surface area contributed by atoms with Crippen molar-refractivity contribution in [2.45, 2.75) is 33.1 Å². The Hall–Kier alpha value is -0.820. The van der Waals surface area contributed by atoms with Gasteiger partial charge in [-0.05, 0) is 18.9 Å². The van der Waals surface area contributed by atoms with E-state index >= 15 is 0 Å². The Kier molecular flexibility index (Phi) is 4.68. The molecule has 78 valence electrons. The van der Waals surface area contributed by atoms with Gasteiger partial charge in [0.25, 0.3) is 0 Å². The Bertz CT molecular complexity index is 250. The minimum atomic E-state index is 0.502. The van der Waals surface area contributed by atoms with E-state index in [2.05, 4.69) is 45.0 Å². The smallest absolute Gasteiger partial charge is 0.0532 e. The topological polar surface area (TPSA) is 9.23 Å². The highest BCUT2D eigenvalue weighted by Gasteiger charge is 2.04. The van der Waals surface area contributed by atoms with Gasteiger partial charge < -0.3 is 4.74 Å². The molecule has 0 fully saturated rings. The molecular formula is C13H20O. The summed E-state index contributed by atoms with van der Waals surface area (Å²) in [5.41, 5.74) is 2.68. The highest BCUT2D eigenvalue weighted by molar-refractivity contribution is 5.23. The molecule has 0 amide bonds. The molecule has 1 aromatic rings. The van der Waals surface area contributed by atoms with Crippen molar-refractivity contribution in [2.75, 3.05) is 13.2 Å². The molecule has 0 spiro atoms. The van der Waals surface area contributed by atoms with E-state index in [1.807, 2.05) is 0 Å². The third-order valence-electron chi connectivity index (χ3n) is 2.36. The van der Waals surface area contributed by atoms with Gasteiger partial charge in [-0.25, -0.2) is 0 Å². The third kappa shape index (κ3) is 3.51. The van der Waals surface area contributed by atoms with E-state index in [1.165, 1.54) is 11.1 Å². The van der Waals surface area contributed by atoms with Crippen LogP contribution in [0.25, 0.3) is 0 Å². The molecule has 1 heteroatoms. The second-order valence-electron chi connectivity index (χ2n) is 3.89. The number of aryl methyl sites for hydroxylation is 1. The lowest BCUT2D eigenvalue weighted by molar-refractivity contribution is 0.124. The number of hydrogen-bond acceptors (Lipinski definition) is 1. The van der Waals surface area contributed by atoms with Crippen LogP contribution < -0.4 is 0 Å². The van der Waals surface area contributed by atoms with Crippen LogP contribution in [0, 0.1) is 6.92 Å². The van der Waals surface area contributed by atoms with Crippen LogP contribution in [0.15, 0.2) is 24.3 Å². The van der Waals surface area contributed by atoms with Crippen molar-refractivity contribution >= 4 is 0 Å². The summed E-state index contributed by atoms with van der Waals surface area (Å²) < 4.78 is 5.53. The van der Waals surface area contributed by atoms with E-state index < -0.39 is 0 Å². The maximum Gasteiger partial charge on any atom is 0.0532 e. The highest BCUT2D eigenvalue weighted by atomic mass is 16.5. The van der Waals surface area contributed by atoms with Crippen molar-refractivity contribution in [3.05, 3.63) is 35.4 Å². The molecule has 1 aromatic carbocycles. The van der Waals surface area contributed by atoms with E-state index in [0.29, 0.717) is 5.92 Å². The molecule has 1 nitrogen and oxygen atoms in total. The summed E-state index contributed by atoms with van der Waals surface area (Å²) in [5.74, 6) is 0.502. The van der Waals surface area contributed by atoms with E-state index in [1.54, 1.807) is 0 Å². The van der Waals surface area contributed by atoms with Crippen molar-refractivity contribution in [2.24, 2.45) is 0 Å².